The SMILES string of the molecule is C=C(C)C1CCC2(C(=O)O)CCC3(C)C(C)(CCC4C5(C)CCC(O)C(C)(C(=O)O)C5CCC43C)C12. The first kappa shape index (κ1) is 26.3. The monoisotopic (exact) mass is 500 g/mol. The number of aliphatic hydroxyl groups is 1. The molecule has 5 fully saturated rings. The summed E-state index contributed by atoms with van der Waals surface area (Å²) >= 11 is 0. The smallest absolute Gasteiger partial charge is 0.312 e. The lowest BCUT2D eigenvalue weighted by Gasteiger charge is -2.75. The Morgan fingerprint density at radius 2 is 1.36 bits per heavy atom. The van der Waals surface area contributed by atoms with Gasteiger partial charge in [0, 0.05) is 0 Å². The highest BCUT2D eigenvalue weighted by Crippen LogP contribution is 2.81. The summed E-state index contributed by atoms with van der Waals surface area (Å²) < 4.78 is 0. The van der Waals surface area contributed by atoms with Crippen molar-refractivity contribution in [2.75, 3.05) is 0 Å². The zero-order chi connectivity index (χ0) is 26.7. The van der Waals surface area contributed by atoms with Crippen LogP contribution in [-0.4, -0.2) is 33.4 Å². The van der Waals surface area contributed by atoms with Gasteiger partial charge in [-0.05, 0) is 123 Å². The second-order valence-electron chi connectivity index (χ2n) is 14.9. The maximum Gasteiger partial charge on any atom is 0.312 e. The van der Waals surface area contributed by atoms with E-state index in [4.69, 9.17) is 0 Å². The molecule has 5 rings (SSSR count). The number of carboxylic acid groups (broad SMARTS) is 2. The molecule has 0 aliphatic heterocycles. The molecule has 11 atom stereocenters. The largest absolute Gasteiger partial charge is 0.481 e. The van der Waals surface area contributed by atoms with Crippen molar-refractivity contribution in [1.29, 1.82) is 0 Å². The standard InChI is InChI=1S/C31H48O5/c1-18(2)19-8-15-31(25(35)36)17-16-29(6)27(4)13-10-21-26(3,12-11-22(32)30(21,7)24(33)34)20(27)9-14-28(29,5)23(19)31/h19-23,32H,1,8-17H2,2-7H3,(H,33,34)(H,35,36). The van der Waals surface area contributed by atoms with E-state index in [-0.39, 0.29) is 39.4 Å². The van der Waals surface area contributed by atoms with E-state index in [1.165, 1.54) is 0 Å². The summed E-state index contributed by atoms with van der Waals surface area (Å²) in [5, 5.41) is 31.8. The van der Waals surface area contributed by atoms with Crippen molar-refractivity contribution in [3.05, 3.63) is 12.2 Å². The molecule has 0 bridgehead atoms. The quantitative estimate of drug-likeness (QED) is 0.382. The van der Waals surface area contributed by atoms with Crippen LogP contribution in [0.5, 0.6) is 0 Å². The molecular formula is C31H48O5. The fourth-order valence-electron chi connectivity index (χ4n) is 12.1. The maximum absolute atomic E-state index is 12.9. The second kappa shape index (κ2) is 7.61. The molecule has 36 heavy (non-hydrogen) atoms. The Kier molecular flexibility index (Phi) is 5.55. The van der Waals surface area contributed by atoms with E-state index < -0.39 is 28.9 Å². The van der Waals surface area contributed by atoms with Gasteiger partial charge < -0.3 is 15.3 Å². The van der Waals surface area contributed by atoms with Gasteiger partial charge in [0.15, 0.2) is 0 Å². The van der Waals surface area contributed by atoms with Crippen LogP contribution in [-0.2, 0) is 9.59 Å². The van der Waals surface area contributed by atoms with Crippen LogP contribution in [0.4, 0.5) is 0 Å². The molecular weight excluding hydrogens is 452 g/mol. The lowest BCUT2D eigenvalue weighted by Crippen LogP contribution is -2.70. The van der Waals surface area contributed by atoms with Gasteiger partial charge in [0.25, 0.3) is 0 Å². The molecule has 5 saturated carbocycles. The predicted molar refractivity (Wildman–Crippen MR) is 139 cm³/mol. The van der Waals surface area contributed by atoms with Crippen molar-refractivity contribution in [2.24, 2.45) is 56.2 Å². The third kappa shape index (κ3) is 2.72. The zero-order valence-corrected chi connectivity index (χ0v) is 23.3. The van der Waals surface area contributed by atoms with Gasteiger partial charge in [-0.25, -0.2) is 0 Å². The first-order valence-corrected chi connectivity index (χ1v) is 14.4. The van der Waals surface area contributed by atoms with Gasteiger partial charge in [-0.15, -0.1) is 0 Å². The Labute approximate surface area is 217 Å². The summed E-state index contributed by atoms with van der Waals surface area (Å²) in [4.78, 5) is 25.5. The molecule has 0 saturated heterocycles. The van der Waals surface area contributed by atoms with Crippen molar-refractivity contribution in [3.63, 3.8) is 0 Å². The van der Waals surface area contributed by atoms with E-state index in [1.807, 2.05) is 0 Å². The Morgan fingerprint density at radius 3 is 1.94 bits per heavy atom. The Bertz CT molecular complexity index is 1000. The average Bonchev–Trinajstić information content (AvgIpc) is 3.21. The van der Waals surface area contributed by atoms with Crippen LogP contribution in [0.3, 0.4) is 0 Å². The average molecular weight is 501 g/mol. The van der Waals surface area contributed by atoms with E-state index >= 15 is 0 Å². The highest BCUT2D eigenvalue weighted by molar-refractivity contribution is 5.77. The summed E-state index contributed by atoms with van der Waals surface area (Å²) in [5.41, 5.74) is -0.920. The second-order valence-corrected chi connectivity index (χ2v) is 14.9. The zero-order valence-electron chi connectivity index (χ0n) is 23.3. The van der Waals surface area contributed by atoms with E-state index in [2.05, 4.69) is 41.2 Å². The van der Waals surface area contributed by atoms with Crippen molar-refractivity contribution in [1.82, 2.24) is 0 Å². The van der Waals surface area contributed by atoms with Crippen molar-refractivity contribution < 1.29 is 24.9 Å². The van der Waals surface area contributed by atoms with Crippen LogP contribution < -0.4 is 0 Å². The van der Waals surface area contributed by atoms with Crippen LogP contribution in [0.15, 0.2) is 12.2 Å². The number of rotatable bonds is 3. The minimum absolute atomic E-state index is 0.000165. The number of allylic oxidation sites excluding steroid dienone is 1. The van der Waals surface area contributed by atoms with Gasteiger partial charge in [0.1, 0.15) is 0 Å². The Morgan fingerprint density at radius 1 is 0.750 bits per heavy atom. The maximum atomic E-state index is 12.9. The molecule has 0 radical (unpaired) electrons. The van der Waals surface area contributed by atoms with Gasteiger partial charge in [-0.1, -0.05) is 39.8 Å². The van der Waals surface area contributed by atoms with Gasteiger partial charge in [-0.3, -0.25) is 9.59 Å². The molecule has 11 unspecified atom stereocenters. The fourth-order valence-corrected chi connectivity index (χ4v) is 12.1. The lowest BCUT2D eigenvalue weighted by molar-refractivity contribution is -0.277. The summed E-state index contributed by atoms with van der Waals surface area (Å²) in [6.07, 6.45) is 7.69. The molecule has 5 heteroatoms. The lowest BCUT2D eigenvalue weighted by atomic mass is 9.29. The Balaban J connectivity index is 1.62. The van der Waals surface area contributed by atoms with Crippen molar-refractivity contribution in [2.45, 2.75) is 112 Å². The molecule has 5 nitrogen and oxygen atoms in total. The van der Waals surface area contributed by atoms with Gasteiger partial charge >= 0.3 is 11.9 Å². The normalized spacial score (nSPS) is 56.0. The number of hydrogen-bond acceptors (Lipinski definition) is 3. The molecule has 5 aliphatic carbocycles. The highest BCUT2D eigenvalue weighted by atomic mass is 16.4. The summed E-state index contributed by atoms with van der Waals surface area (Å²) in [5.74, 6) is -0.803. The third-order valence-corrected chi connectivity index (χ3v) is 14.3. The third-order valence-electron chi connectivity index (χ3n) is 14.3. The minimum atomic E-state index is -1.11. The molecule has 0 spiro atoms. The summed E-state index contributed by atoms with van der Waals surface area (Å²) in [7, 11) is 0. The van der Waals surface area contributed by atoms with Crippen LogP contribution in [0.25, 0.3) is 0 Å². The summed E-state index contributed by atoms with van der Waals surface area (Å²) in [6.45, 7) is 17.9. The van der Waals surface area contributed by atoms with Crippen molar-refractivity contribution >= 4 is 11.9 Å². The van der Waals surface area contributed by atoms with Crippen LogP contribution in [0.2, 0.25) is 0 Å². The van der Waals surface area contributed by atoms with Gasteiger partial charge in [0.05, 0.1) is 16.9 Å². The van der Waals surface area contributed by atoms with Crippen LogP contribution >= 0.6 is 0 Å². The van der Waals surface area contributed by atoms with Crippen LogP contribution in [0.1, 0.15) is 106 Å². The molecule has 3 N–H and O–H groups in total. The summed E-state index contributed by atoms with van der Waals surface area (Å²) in [6, 6.07) is 0. The Hall–Kier alpha value is -1.36. The highest BCUT2D eigenvalue weighted by Gasteiger charge is 2.76. The van der Waals surface area contributed by atoms with E-state index in [1.54, 1.807) is 6.92 Å². The van der Waals surface area contributed by atoms with E-state index in [9.17, 15) is 24.9 Å². The topological polar surface area (TPSA) is 94.8 Å². The number of aliphatic hydroxyl groups excluding tert-OH is 1. The molecule has 0 aromatic rings. The first-order valence-electron chi connectivity index (χ1n) is 14.4. The van der Waals surface area contributed by atoms with E-state index in [0.29, 0.717) is 12.3 Å². The van der Waals surface area contributed by atoms with Gasteiger partial charge in [0.2, 0.25) is 0 Å². The first-order chi connectivity index (χ1) is 16.6. The minimum Gasteiger partial charge on any atom is -0.481 e. The molecule has 202 valence electrons. The van der Waals surface area contributed by atoms with Crippen LogP contribution in [0, 0.1) is 56.2 Å². The fraction of sp³-hybridized carbons (Fsp3) is 0.871. The van der Waals surface area contributed by atoms with Crippen molar-refractivity contribution in [3.8, 4) is 0 Å². The number of carboxylic acids is 2. The number of hydrogen-bond donors (Lipinski definition) is 3. The van der Waals surface area contributed by atoms with Gasteiger partial charge in [-0.2, -0.15) is 0 Å². The molecule has 5 aliphatic rings. The molecule has 0 amide bonds. The molecule has 0 heterocycles. The molecule has 0 aromatic heterocycles. The molecule has 0 aromatic carbocycles. The predicted octanol–water partition coefficient (Wildman–Crippen LogP) is 6.54. The number of fused-ring (bicyclic) bond motifs is 7. The van der Waals surface area contributed by atoms with E-state index in [0.717, 1.165) is 63.4 Å². The number of aliphatic carboxylic acids is 2. The number of carbonyl (C=O) groups is 2.